The van der Waals surface area contributed by atoms with Gasteiger partial charge in [0.2, 0.25) is 0 Å². The van der Waals surface area contributed by atoms with Gasteiger partial charge in [-0.15, -0.1) is 11.3 Å². The molecule has 0 amide bonds. The molecule has 0 unspecified atom stereocenters. The highest BCUT2D eigenvalue weighted by atomic mass is 32.1. The van der Waals surface area contributed by atoms with Crippen LogP contribution in [0.15, 0.2) is 162 Å². The molecule has 0 aliphatic heterocycles. The Hall–Kier alpha value is -6.22. The van der Waals surface area contributed by atoms with Crippen LogP contribution in [0.25, 0.3) is 108 Å². The predicted octanol–water partition coefficient (Wildman–Crippen LogP) is 15.1. The number of hydrogen-bond donors (Lipinski definition) is 0. The predicted molar refractivity (Wildman–Crippen MR) is 228 cm³/mol. The summed E-state index contributed by atoms with van der Waals surface area (Å²) in [4.78, 5) is 0. The molecule has 0 fully saturated rings. The molecule has 1 aliphatic rings. The molecule has 2 heterocycles. The van der Waals surface area contributed by atoms with Crippen LogP contribution in [0.2, 0.25) is 0 Å². The standard InChI is InChI=1S/C51H32OS/c1-51(2)41-26-24-29(27-40(41)47-37-18-7-8-19-38(37)48-39-20-10-12-22-44(39)53-50(48)49(47)51)45-33-14-3-5-16-35(33)46(36-17-6-4-15-34(36)45)30-23-25-32-31-13-9-11-21-42(31)52-43(32)28-30/h3-28H,1-2H3. The highest BCUT2D eigenvalue weighted by Gasteiger charge is 2.39. The molecule has 1 aliphatic carbocycles. The van der Waals surface area contributed by atoms with E-state index >= 15 is 0 Å². The Balaban J connectivity index is 1.15. The number of fused-ring (bicyclic) bond motifs is 15. The van der Waals surface area contributed by atoms with Gasteiger partial charge < -0.3 is 4.42 Å². The molecule has 0 saturated carbocycles. The summed E-state index contributed by atoms with van der Waals surface area (Å²) in [7, 11) is 0. The maximum atomic E-state index is 6.39. The van der Waals surface area contributed by atoms with Gasteiger partial charge >= 0.3 is 0 Å². The average Bonchev–Trinajstić information content (AvgIpc) is 3.84. The zero-order valence-electron chi connectivity index (χ0n) is 29.3. The van der Waals surface area contributed by atoms with Crippen LogP contribution in [0.4, 0.5) is 0 Å². The van der Waals surface area contributed by atoms with Gasteiger partial charge in [0.25, 0.3) is 0 Å². The second-order valence-corrected chi connectivity index (χ2v) is 16.2. The summed E-state index contributed by atoms with van der Waals surface area (Å²) in [5, 5.41) is 12.7. The van der Waals surface area contributed by atoms with Crippen molar-refractivity contribution in [1.82, 2.24) is 0 Å². The summed E-state index contributed by atoms with van der Waals surface area (Å²) in [6.07, 6.45) is 0. The first-order chi connectivity index (χ1) is 26.1. The summed E-state index contributed by atoms with van der Waals surface area (Å²) in [6.45, 7) is 4.85. The summed E-state index contributed by atoms with van der Waals surface area (Å²) >= 11 is 1.95. The van der Waals surface area contributed by atoms with E-state index in [1.165, 1.54) is 97.0 Å². The molecule has 0 spiro atoms. The first-order valence-electron chi connectivity index (χ1n) is 18.4. The molecule has 0 radical (unpaired) electrons. The molecule has 0 bridgehead atoms. The van der Waals surface area contributed by atoms with E-state index in [4.69, 9.17) is 4.42 Å². The summed E-state index contributed by atoms with van der Waals surface area (Å²) < 4.78 is 9.17. The van der Waals surface area contributed by atoms with Gasteiger partial charge in [0.05, 0.1) is 0 Å². The van der Waals surface area contributed by atoms with Crippen LogP contribution in [0, 0.1) is 0 Å². The minimum absolute atomic E-state index is 0.143. The maximum absolute atomic E-state index is 6.39. The van der Waals surface area contributed by atoms with Crippen molar-refractivity contribution in [2.45, 2.75) is 19.3 Å². The van der Waals surface area contributed by atoms with Crippen molar-refractivity contribution in [3.63, 3.8) is 0 Å². The molecule has 0 saturated heterocycles. The second kappa shape index (κ2) is 10.4. The molecule has 0 N–H and O–H groups in total. The Labute approximate surface area is 310 Å². The third kappa shape index (κ3) is 3.86. The van der Waals surface area contributed by atoms with Crippen molar-refractivity contribution in [2.75, 3.05) is 0 Å². The zero-order chi connectivity index (χ0) is 35.0. The molecule has 11 aromatic rings. The van der Waals surface area contributed by atoms with Crippen molar-refractivity contribution < 1.29 is 4.42 Å². The van der Waals surface area contributed by atoms with Crippen LogP contribution >= 0.6 is 11.3 Å². The van der Waals surface area contributed by atoms with Crippen LogP contribution in [-0.4, -0.2) is 0 Å². The smallest absolute Gasteiger partial charge is 0.136 e. The molecule has 0 atom stereocenters. The topological polar surface area (TPSA) is 13.1 Å². The Bertz CT molecular complexity index is 3320. The SMILES string of the molecule is CC1(C)c2ccc(-c3c4ccccc4c(-c4ccc5c(c4)oc4ccccc45)c4ccccc34)cc2-c2c1c1sc3ccccc3c1c1ccccc21. The van der Waals surface area contributed by atoms with Gasteiger partial charge in [-0.2, -0.15) is 0 Å². The number of furan rings is 1. The Morgan fingerprint density at radius 2 is 0.943 bits per heavy atom. The Morgan fingerprint density at radius 1 is 0.434 bits per heavy atom. The highest BCUT2D eigenvalue weighted by molar-refractivity contribution is 7.26. The summed E-state index contributed by atoms with van der Waals surface area (Å²) in [6, 6.07) is 58.3. The number of rotatable bonds is 2. The number of thiophene rings is 1. The molecule has 12 rings (SSSR count). The van der Waals surface area contributed by atoms with E-state index in [2.05, 4.69) is 166 Å². The molecule has 248 valence electrons. The van der Waals surface area contributed by atoms with E-state index in [1.807, 2.05) is 17.4 Å². The number of hydrogen-bond acceptors (Lipinski definition) is 2. The monoisotopic (exact) mass is 692 g/mol. The molecule has 2 aromatic heterocycles. The van der Waals surface area contributed by atoms with Crippen LogP contribution in [0.1, 0.15) is 25.0 Å². The molecular formula is C51H32OS. The minimum Gasteiger partial charge on any atom is -0.456 e. The van der Waals surface area contributed by atoms with Gasteiger partial charge in [-0.1, -0.05) is 141 Å². The fraction of sp³-hybridized carbons (Fsp3) is 0.0588. The van der Waals surface area contributed by atoms with E-state index in [1.54, 1.807) is 0 Å². The van der Waals surface area contributed by atoms with Gasteiger partial charge in [-0.05, 0) is 107 Å². The van der Waals surface area contributed by atoms with Gasteiger partial charge in [-0.25, -0.2) is 0 Å². The first-order valence-corrected chi connectivity index (χ1v) is 19.2. The molecule has 2 heteroatoms. The summed E-state index contributed by atoms with van der Waals surface area (Å²) in [5.41, 5.74) is 12.2. The fourth-order valence-corrected chi connectivity index (χ4v) is 11.2. The van der Waals surface area contributed by atoms with Gasteiger partial charge in [0, 0.05) is 36.4 Å². The van der Waals surface area contributed by atoms with E-state index in [9.17, 15) is 0 Å². The van der Waals surface area contributed by atoms with Crippen molar-refractivity contribution in [1.29, 1.82) is 0 Å². The lowest BCUT2D eigenvalue weighted by atomic mass is 9.80. The molecule has 9 aromatic carbocycles. The first kappa shape index (κ1) is 29.4. The van der Waals surface area contributed by atoms with Crippen LogP contribution < -0.4 is 0 Å². The lowest BCUT2D eigenvalue weighted by Gasteiger charge is -2.23. The van der Waals surface area contributed by atoms with Gasteiger partial charge in [0.15, 0.2) is 0 Å². The van der Waals surface area contributed by atoms with Crippen LogP contribution in [0.3, 0.4) is 0 Å². The van der Waals surface area contributed by atoms with E-state index in [0.29, 0.717) is 0 Å². The fourth-order valence-electron chi connectivity index (χ4n) is 9.75. The number of benzene rings is 9. The Kier molecular flexibility index (Phi) is 5.78. The van der Waals surface area contributed by atoms with Crippen LogP contribution in [-0.2, 0) is 5.41 Å². The van der Waals surface area contributed by atoms with E-state index in [0.717, 1.165) is 21.9 Å². The van der Waals surface area contributed by atoms with E-state index in [-0.39, 0.29) is 5.41 Å². The lowest BCUT2D eigenvalue weighted by Crippen LogP contribution is -2.15. The summed E-state index contributed by atoms with van der Waals surface area (Å²) in [5.74, 6) is 0. The lowest BCUT2D eigenvalue weighted by molar-refractivity contribution is 0.667. The maximum Gasteiger partial charge on any atom is 0.136 e. The van der Waals surface area contributed by atoms with Crippen molar-refractivity contribution in [3.05, 3.63) is 169 Å². The normalized spacial score (nSPS) is 13.6. The molecule has 53 heavy (non-hydrogen) atoms. The quantitative estimate of drug-likeness (QED) is 0.164. The van der Waals surface area contributed by atoms with Crippen molar-refractivity contribution in [3.8, 4) is 33.4 Å². The van der Waals surface area contributed by atoms with Gasteiger partial charge in [-0.3, -0.25) is 0 Å². The third-order valence-electron chi connectivity index (χ3n) is 12.0. The second-order valence-electron chi connectivity index (χ2n) is 15.1. The molecule has 1 nitrogen and oxygen atoms in total. The minimum atomic E-state index is -0.143. The van der Waals surface area contributed by atoms with Gasteiger partial charge in [0.1, 0.15) is 11.2 Å². The van der Waals surface area contributed by atoms with Crippen molar-refractivity contribution >= 4 is 85.8 Å². The molecular weight excluding hydrogens is 661 g/mol. The highest BCUT2D eigenvalue weighted by Crippen LogP contribution is 2.58. The Morgan fingerprint density at radius 3 is 1.62 bits per heavy atom. The van der Waals surface area contributed by atoms with Crippen LogP contribution in [0.5, 0.6) is 0 Å². The largest absolute Gasteiger partial charge is 0.456 e. The average molecular weight is 693 g/mol. The van der Waals surface area contributed by atoms with Crippen molar-refractivity contribution in [2.24, 2.45) is 0 Å². The van der Waals surface area contributed by atoms with E-state index < -0.39 is 0 Å². The number of para-hydroxylation sites is 1. The zero-order valence-corrected chi connectivity index (χ0v) is 30.1. The third-order valence-corrected chi connectivity index (χ3v) is 13.2.